The Morgan fingerprint density at radius 2 is 2.04 bits per heavy atom. The van der Waals surface area contributed by atoms with Gasteiger partial charge in [0.15, 0.2) is 5.78 Å². The second-order valence-electron chi connectivity index (χ2n) is 4.96. The molecule has 3 rings (SSSR count). The summed E-state index contributed by atoms with van der Waals surface area (Å²) in [6.45, 7) is 1.99. The van der Waals surface area contributed by atoms with Crippen molar-refractivity contribution in [1.82, 2.24) is 10.2 Å². The highest BCUT2D eigenvalue weighted by Crippen LogP contribution is 2.27. The third kappa shape index (κ3) is 4.09. The van der Waals surface area contributed by atoms with Crippen molar-refractivity contribution in [2.45, 2.75) is 30.2 Å². The minimum atomic E-state index is -0.215. The number of carbonyl (C=O) groups excluding carboxylic acids is 1. The number of ketones is 1. The summed E-state index contributed by atoms with van der Waals surface area (Å²) in [6.07, 6.45) is 1.34. The van der Waals surface area contributed by atoms with Gasteiger partial charge in [0.05, 0.1) is 11.7 Å². The van der Waals surface area contributed by atoms with Crippen LogP contribution in [0.5, 0.6) is 0 Å². The number of benzene rings is 1. The first kappa shape index (κ1) is 16.0. The SMILES string of the molecule is CCC(Sc1nnc(Cc2cccs2)o1)C(=O)c1ccccc1. The first-order valence-electron chi connectivity index (χ1n) is 7.37. The van der Waals surface area contributed by atoms with Gasteiger partial charge in [-0.05, 0) is 17.9 Å². The van der Waals surface area contributed by atoms with Crippen molar-refractivity contribution in [2.24, 2.45) is 0 Å². The Bertz CT molecular complexity index is 754. The number of carbonyl (C=O) groups is 1. The summed E-state index contributed by atoms with van der Waals surface area (Å²) in [5.74, 6) is 0.674. The molecule has 6 heteroatoms. The minimum absolute atomic E-state index is 0.0936. The Kier molecular flexibility index (Phi) is 5.25. The first-order valence-corrected chi connectivity index (χ1v) is 9.13. The highest BCUT2D eigenvalue weighted by Gasteiger charge is 2.22. The predicted molar refractivity (Wildman–Crippen MR) is 92.1 cm³/mol. The molecule has 0 aliphatic heterocycles. The molecule has 1 aromatic carbocycles. The Balaban J connectivity index is 1.67. The van der Waals surface area contributed by atoms with Gasteiger partial charge in [-0.2, -0.15) is 0 Å². The number of Topliss-reactive ketones (excluding diaryl/α,β-unsaturated/α-hetero) is 1. The van der Waals surface area contributed by atoms with Crippen LogP contribution in [0.2, 0.25) is 0 Å². The van der Waals surface area contributed by atoms with Gasteiger partial charge in [-0.25, -0.2) is 0 Å². The van der Waals surface area contributed by atoms with Crippen LogP contribution in [0.15, 0.2) is 57.5 Å². The molecule has 0 saturated carbocycles. The second-order valence-corrected chi connectivity index (χ2v) is 7.15. The topological polar surface area (TPSA) is 56.0 Å². The third-order valence-corrected chi connectivity index (χ3v) is 5.39. The molecule has 0 aliphatic rings. The fraction of sp³-hybridized carbons (Fsp3) is 0.235. The zero-order valence-electron chi connectivity index (χ0n) is 12.6. The predicted octanol–water partition coefficient (Wildman–Crippen LogP) is 4.48. The lowest BCUT2D eigenvalue weighted by Gasteiger charge is -2.10. The van der Waals surface area contributed by atoms with Crippen molar-refractivity contribution in [1.29, 1.82) is 0 Å². The van der Waals surface area contributed by atoms with Crippen LogP contribution in [-0.4, -0.2) is 21.2 Å². The van der Waals surface area contributed by atoms with E-state index in [1.807, 2.05) is 54.8 Å². The van der Waals surface area contributed by atoms with Crippen LogP contribution >= 0.6 is 23.1 Å². The average Bonchev–Trinajstić information content (AvgIpc) is 3.25. The van der Waals surface area contributed by atoms with E-state index in [1.54, 1.807) is 11.3 Å². The Labute approximate surface area is 142 Å². The van der Waals surface area contributed by atoms with E-state index in [1.165, 1.54) is 16.6 Å². The van der Waals surface area contributed by atoms with Gasteiger partial charge in [-0.3, -0.25) is 4.79 Å². The second kappa shape index (κ2) is 7.57. The van der Waals surface area contributed by atoms with Gasteiger partial charge < -0.3 is 4.42 Å². The van der Waals surface area contributed by atoms with Gasteiger partial charge in [0, 0.05) is 10.4 Å². The molecule has 118 valence electrons. The number of hydrogen-bond donors (Lipinski definition) is 0. The molecule has 0 amide bonds. The summed E-state index contributed by atoms with van der Waals surface area (Å²) in [5.41, 5.74) is 0.713. The van der Waals surface area contributed by atoms with E-state index in [0.717, 1.165) is 0 Å². The molecule has 2 heterocycles. The monoisotopic (exact) mass is 344 g/mol. The number of nitrogens with zero attached hydrogens (tertiary/aromatic N) is 2. The lowest BCUT2D eigenvalue weighted by atomic mass is 10.1. The van der Waals surface area contributed by atoms with Crippen molar-refractivity contribution < 1.29 is 9.21 Å². The highest BCUT2D eigenvalue weighted by molar-refractivity contribution is 8.00. The fourth-order valence-electron chi connectivity index (χ4n) is 2.15. The summed E-state index contributed by atoms with van der Waals surface area (Å²) in [5, 5.41) is 10.4. The summed E-state index contributed by atoms with van der Waals surface area (Å²) in [4.78, 5) is 13.7. The fourth-order valence-corrected chi connectivity index (χ4v) is 3.73. The molecule has 4 nitrogen and oxygen atoms in total. The number of thiophene rings is 1. The van der Waals surface area contributed by atoms with Gasteiger partial charge in [-0.1, -0.05) is 55.1 Å². The zero-order valence-corrected chi connectivity index (χ0v) is 14.3. The Hall–Kier alpha value is -1.92. The molecule has 0 bridgehead atoms. The maximum atomic E-state index is 12.5. The molecular formula is C17H16N2O2S2. The molecule has 0 saturated heterocycles. The largest absolute Gasteiger partial charge is 0.416 e. The maximum Gasteiger partial charge on any atom is 0.277 e. The number of hydrogen-bond acceptors (Lipinski definition) is 6. The number of rotatable bonds is 7. The summed E-state index contributed by atoms with van der Waals surface area (Å²) in [6, 6.07) is 13.4. The van der Waals surface area contributed by atoms with Crippen molar-refractivity contribution in [3.8, 4) is 0 Å². The van der Waals surface area contributed by atoms with Crippen LogP contribution in [-0.2, 0) is 6.42 Å². The molecule has 3 aromatic rings. The quantitative estimate of drug-likeness (QED) is 0.467. The summed E-state index contributed by atoms with van der Waals surface area (Å²) in [7, 11) is 0. The molecule has 1 atom stereocenters. The lowest BCUT2D eigenvalue weighted by molar-refractivity contribution is 0.0987. The first-order chi connectivity index (χ1) is 11.3. The van der Waals surface area contributed by atoms with Crippen molar-refractivity contribution in [2.75, 3.05) is 0 Å². The zero-order chi connectivity index (χ0) is 16.1. The van der Waals surface area contributed by atoms with Crippen LogP contribution in [0.25, 0.3) is 0 Å². The average molecular weight is 344 g/mol. The molecule has 2 aromatic heterocycles. The van der Waals surface area contributed by atoms with E-state index >= 15 is 0 Å². The van der Waals surface area contributed by atoms with E-state index < -0.39 is 0 Å². The van der Waals surface area contributed by atoms with E-state index in [9.17, 15) is 4.79 Å². The molecule has 0 spiro atoms. The van der Waals surface area contributed by atoms with E-state index in [4.69, 9.17) is 4.42 Å². The highest BCUT2D eigenvalue weighted by atomic mass is 32.2. The Morgan fingerprint density at radius 1 is 1.22 bits per heavy atom. The molecule has 0 aliphatic carbocycles. The van der Waals surface area contributed by atoms with Crippen molar-refractivity contribution in [3.63, 3.8) is 0 Å². The van der Waals surface area contributed by atoms with Gasteiger partial charge >= 0.3 is 0 Å². The van der Waals surface area contributed by atoms with Crippen LogP contribution in [0.4, 0.5) is 0 Å². The molecule has 1 unspecified atom stereocenters. The Morgan fingerprint density at radius 3 is 2.74 bits per heavy atom. The third-order valence-electron chi connectivity index (χ3n) is 3.32. The molecule has 0 N–H and O–H groups in total. The van der Waals surface area contributed by atoms with E-state index in [-0.39, 0.29) is 11.0 Å². The van der Waals surface area contributed by atoms with Crippen molar-refractivity contribution >= 4 is 28.9 Å². The molecule has 0 fully saturated rings. The van der Waals surface area contributed by atoms with Crippen molar-refractivity contribution in [3.05, 3.63) is 64.2 Å². The van der Waals surface area contributed by atoms with E-state index in [0.29, 0.717) is 29.5 Å². The van der Waals surface area contributed by atoms with E-state index in [2.05, 4.69) is 10.2 Å². The molecular weight excluding hydrogens is 328 g/mol. The normalized spacial score (nSPS) is 12.2. The number of thioether (sulfide) groups is 1. The van der Waals surface area contributed by atoms with Crippen LogP contribution < -0.4 is 0 Å². The lowest BCUT2D eigenvalue weighted by Crippen LogP contribution is -2.16. The smallest absolute Gasteiger partial charge is 0.277 e. The summed E-state index contributed by atoms with van der Waals surface area (Å²) >= 11 is 3.00. The maximum absolute atomic E-state index is 12.5. The van der Waals surface area contributed by atoms with Gasteiger partial charge in [0.2, 0.25) is 5.89 Å². The summed E-state index contributed by atoms with van der Waals surface area (Å²) < 4.78 is 5.67. The van der Waals surface area contributed by atoms with Crippen LogP contribution in [0, 0.1) is 0 Å². The molecule has 0 radical (unpaired) electrons. The van der Waals surface area contributed by atoms with Crippen LogP contribution in [0.1, 0.15) is 34.5 Å². The van der Waals surface area contributed by atoms with Gasteiger partial charge in [-0.15, -0.1) is 21.5 Å². The van der Waals surface area contributed by atoms with Crippen LogP contribution in [0.3, 0.4) is 0 Å². The van der Waals surface area contributed by atoms with Gasteiger partial charge in [0.25, 0.3) is 5.22 Å². The molecule has 23 heavy (non-hydrogen) atoms. The van der Waals surface area contributed by atoms with Gasteiger partial charge in [0.1, 0.15) is 0 Å². The standard InChI is InChI=1S/C17H16N2O2S2/c1-2-14(16(20)12-7-4-3-5-8-12)23-17-19-18-15(21-17)11-13-9-6-10-22-13/h3-10,14H,2,11H2,1H3. The number of aromatic nitrogens is 2. The minimum Gasteiger partial charge on any atom is -0.416 e.